The van der Waals surface area contributed by atoms with Crippen LogP contribution in [-0.2, 0) is 10.9 Å². The SMILES string of the molecule is CCN=C(NC1=NC(c2ccccc2C(F)(F)F)Nc2ccc(N3CCOCC3)cc21)c1cc(F)cc(F)c1C. The fourth-order valence-electron chi connectivity index (χ4n) is 4.85. The minimum atomic E-state index is -4.59. The van der Waals surface area contributed by atoms with E-state index in [0.717, 1.165) is 17.8 Å². The summed E-state index contributed by atoms with van der Waals surface area (Å²) in [6.45, 7) is 6.06. The normalized spacial score (nSPS) is 17.7. The highest BCUT2D eigenvalue weighted by Gasteiger charge is 2.36. The molecule has 0 amide bonds. The Balaban J connectivity index is 1.63. The number of hydrogen-bond acceptors (Lipinski definition) is 5. The van der Waals surface area contributed by atoms with Crippen LogP contribution in [0.5, 0.6) is 0 Å². The molecule has 2 heterocycles. The summed E-state index contributed by atoms with van der Waals surface area (Å²) < 4.78 is 75.9. The van der Waals surface area contributed by atoms with Gasteiger partial charge in [0.1, 0.15) is 29.5 Å². The predicted molar refractivity (Wildman–Crippen MR) is 145 cm³/mol. The van der Waals surface area contributed by atoms with Crippen LogP contribution in [0.15, 0.2) is 64.6 Å². The number of rotatable bonds is 4. The lowest BCUT2D eigenvalue weighted by atomic mass is 10.0. The molecule has 1 unspecified atom stereocenters. The Morgan fingerprint density at radius 2 is 1.85 bits per heavy atom. The summed E-state index contributed by atoms with van der Waals surface area (Å²) in [4.78, 5) is 11.2. The molecular formula is C29H28F5N5O. The van der Waals surface area contributed by atoms with E-state index in [1.54, 1.807) is 13.0 Å². The summed E-state index contributed by atoms with van der Waals surface area (Å²) in [5, 5.41) is 6.24. The molecule has 0 saturated carbocycles. The molecule has 2 aliphatic rings. The molecule has 2 N–H and O–H groups in total. The van der Waals surface area contributed by atoms with Gasteiger partial charge in [-0.25, -0.2) is 13.8 Å². The van der Waals surface area contributed by atoms with E-state index in [2.05, 4.69) is 25.5 Å². The molecule has 40 heavy (non-hydrogen) atoms. The second-order valence-electron chi connectivity index (χ2n) is 9.45. The summed E-state index contributed by atoms with van der Waals surface area (Å²) in [5.41, 5.74) is 1.52. The molecule has 0 radical (unpaired) electrons. The maximum atomic E-state index is 14.5. The summed E-state index contributed by atoms with van der Waals surface area (Å²) in [6.07, 6.45) is -5.68. The first-order valence-corrected chi connectivity index (χ1v) is 12.9. The molecule has 3 aromatic carbocycles. The van der Waals surface area contributed by atoms with Crippen LogP contribution >= 0.6 is 0 Å². The largest absolute Gasteiger partial charge is 0.416 e. The third kappa shape index (κ3) is 5.65. The number of halogens is 5. The molecule has 6 nitrogen and oxygen atoms in total. The molecule has 1 saturated heterocycles. The zero-order chi connectivity index (χ0) is 28.4. The zero-order valence-electron chi connectivity index (χ0n) is 21.9. The average molecular weight is 558 g/mol. The van der Waals surface area contributed by atoms with E-state index in [9.17, 15) is 22.0 Å². The average Bonchev–Trinajstić information content (AvgIpc) is 2.94. The Morgan fingerprint density at radius 1 is 1.10 bits per heavy atom. The summed E-state index contributed by atoms with van der Waals surface area (Å²) >= 11 is 0. The molecule has 0 bridgehead atoms. The van der Waals surface area contributed by atoms with Gasteiger partial charge in [0.05, 0.1) is 18.8 Å². The van der Waals surface area contributed by atoms with Crippen LogP contribution in [-0.4, -0.2) is 44.5 Å². The Morgan fingerprint density at radius 3 is 2.58 bits per heavy atom. The highest BCUT2D eigenvalue weighted by Crippen LogP contribution is 2.39. The number of ether oxygens (including phenoxy) is 1. The quantitative estimate of drug-likeness (QED) is 0.233. The third-order valence-electron chi connectivity index (χ3n) is 6.86. The number of hydrogen-bond donors (Lipinski definition) is 2. The molecule has 0 aliphatic carbocycles. The minimum absolute atomic E-state index is 0.0563. The number of alkyl halides is 3. The molecule has 11 heteroatoms. The van der Waals surface area contributed by atoms with Crippen LogP contribution < -0.4 is 15.5 Å². The van der Waals surface area contributed by atoms with Gasteiger partial charge in [-0.05, 0) is 49.7 Å². The van der Waals surface area contributed by atoms with Crippen LogP contribution in [0.4, 0.5) is 33.3 Å². The van der Waals surface area contributed by atoms with Crippen molar-refractivity contribution < 1.29 is 26.7 Å². The van der Waals surface area contributed by atoms with Crippen molar-refractivity contribution in [1.82, 2.24) is 5.32 Å². The number of morpholine rings is 1. The fraction of sp³-hybridized carbons (Fsp3) is 0.310. The molecule has 1 fully saturated rings. The van der Waals surface area contributed by atoms with Gasteiger partial charge < -0.3 is 20.3 Å². The standard InChI is InChI=1S/C29H28F5N5O/c1-3-35-26(21-14-18(30)15-24(31)17(21)2)37-28-22-16-19(39-10-12-40-13-11-39)8-9-25(22)36-27(38-28)20-6-4-5-7-23(20)29(32,33)34/h4-9,14-16,27,36H,3,10-13H2,1-2H3,(H,35,37,38). The Labute approximate surface area is 228 Å². The third-order valence-corrected chi connectivity index (χ3v) is 6.86. The van der Waals surface area contributed by atoms with Gasteiger partial charge in [0, 0.05) is 53.8 Å². The van der Waals surface area contributed by atoms with Crippen molar-refractivity contribution in [3.63, 3.8) is 0 Å². The minimum Gasteiger partial charge on any atom is -0.378 e. The lowest BCUT2D eigenvalue weighted by Crippen LogP contribution is -2.38. The molecule has 210 valence electrons. The molecule has 2 aliphatic heterocycles. The monoisotopic (exact) mass is 557 g/mol. The number of amidine groups is 2. The number of anilines is 2. The van der Waals surface area contributed by atoms with Crippen LogP contribution in [0.2, 0.25) is 0 Å². The van der Waals surface area contributed by atoms with Crippen molar-refractivity contribution in [2.24, 2.45) is 9.98 Å². The number of nitrogens with zero attached hydrogens (tertiary/aromatic N) is 3. The smallest absolute Gasteiger partial charge is 0.378 e. The maximum Gasteiger partial charge on any atom is 0.416 e. The number of aliphatic imine (C=N–C) groups is 2. The highest BCUT2D eigenvalue weighted by molar-refractivity contribution is 6.17. The lowest BCUT2D eigenvalue weighted by molar-refractivity contribution is -0.138. The van der Waals surface area contributed by atoms with Gasteiger partial charge in [0.15, 0.2) is 0 Å². The first-order chi connectivity index (χ1) is 19.2. The van der Waals surface area contributed by atoms with Crippen molar-refractivity contribution in [3.8, 4) is 0 Å². The topological polar surface area (TPSA) is 61.2 Å². The van der Waals surface area contributed by atoms with Crippen molar-refractivity contribution >= 4 is 23.0 Å². The number of nitrogens with one attached hydrogen (secondary N) is 2. The second-order valence-corrected chi connectivity index (χ2v) is 9.45. The van der Waals surface area contributed by atoms with Gasteiger partial charge in [-0.15, -0.1) is 0 Å². The van der Waals surface area contributed by atoms with E-state index >= 15 is 0 Å². The van der Waals surface area contributed by atoms with E-state index in [1.807, 2.05) is 12.1 Å². The van der Waals surface area contributed by atoms with Gasteiger partial charge in [0.2, 0.25) is 0 Å². The maximum absolute atomic E-state index is 14.5. The van der Waals surface area contributed by atoms with Gasteiger partial charge in [-0.1, -0.05) is 18.2 Å². The Kier molecular flexibility index (Phi) is 7.75. The lowest BCUT2D eigenvalue weighted by Gasteiger charge is -2.32. The van der Waals surface area contributed by atoms with Gasteiger partial charge in [-0.2, -0.15) is 13.2 Å². The fourth-order valence-corrected chi connectivity index (χ4v) is 4.85. The molecule has 5 rings (SSSR count). The van der Waals surface area contributed by atoms with E-state index in [4.69, 9.17) is 4.74 Å². The summed E-state index contributed by atoms with van der Waals surface area (Å²) in [5.74, 6) is -1.13. The van der Waals surface area contributed by atoms with Crippen molar-refractivity contribution in [3.05, 3.63) is 94.0 Å². The van der Waals surface area contributed by atoms with Crippen molar-refractivity contribution in [2.75, 3.05) is 43.1 Å². The first kappa shape index (κ1) is 27.6. The van der Waals surface area contributed by atoms with Crippen LogP contribution in [0.25, 0.3) is 0 Å². The van der Waals surface area contributed by atoms with Crippen LogP contribution in [0, 0.1) is 18.6 Å². The molecule has 0 spiro atoms. The number of fused-ring (bicyclic) bond motifs is 1. The van der Waals surface area contributed by atoms with E-state index in [0.29, 0.717) is 37.6 Å². The molecule has 0 aromatic heterocycles. The van der Waals surface area contributed by atoms with Crippen LogP contribution in [0.3, 0.4) is 0 Å². The van der Waals surface area contributed by atoms with Crippen molar-refractivity contribution in [1.29, 1.82) is 0 Å². The van der Waals surface area contributed by atoms with E-state index in [-0.39, 0.29) is 34.9 Å². The van der Waals surface area contributed by atoms with Gasteiger partial charge in [0.25, 0.3) is 0 Å². The summed E-state index contributed by atoms with van der Waals surface area (Å²) in [6, 6.07) is 12.8. The first-order valence-electron chi connectivity index (χ1n) is 12.9. The predicted octanol–water partition coefficient (Wildman–Crippen LogP) is 6.06. The van der Waals surface area contributed by atoms with Gasteiger partial charge >= 0.3 is 6.18 Å². The Hall–Kier alpha value is -3.99. The van der Waals surface area contributed by atoms with E-state index < -0.39 is 29.5 Å². The zero-order valence-corrected chi connectivity index (χ0v) is 21.9. The molecule has 3 aromatic rings. The summed E-state index contributed by atoms with van der Waals surface area (Å²) in [7, 11) is 0. The van der Waals surface area contributed by atoms with Crippen LogP contribution in [0.1, 0.15) is 40.9 Å². The van der Waals surface area contributed by atoms with Crippen molar-refractivity contribution in [2.45, 2.75) is 26.2 Å². The van der Waals surface area contributed by atoms with E-state index in [1.165, 1.54) is 31.2 Å². The highest BCUT2D eigenvalue weighted by atomic mass is 19.4. The molecule has 1 atom stereocenters. The Bertz CT molecular complexity index is 1460. The number of benzene rings is 3. The second kappa shape index (κ2) is 11.2. The van der Waals surface area contributed by atoms with Gasteiger partial charge in [-0.3, -0.25) is 4.99 Å². The molecular weight excluding hydrogens is 529 g/mol.